The van der Waals surface area contributed by atoms with Gasteiger partial charge in [0.05, 0.1) is 0 Å². The summed E-state index contributed by atoms with van der Waals surface area (Å²) in [4.78, 5) is 0. The lowest BCUT2D eigenvalue weighted by molar-refractivity contribution is -0.100. The third-order valence-corrected chi connectivity index (χ3v) is 7.09. The van der Waals surface area contributed by atoms with Gasteiger partial charge in [0.2, 0.25) is 0 Å². The molecule has 0 heteroatoms. The van der Waals surface area contributed by atoms with Crippen LogP contribution in [0.15, 0.2) is 0 Å². The molecule has 126 valence electrons. The Kier molecular flexibility index (Phi) is 6.01. The van der Waals surface area contributed by atoms with Crippen molar-refractivity contribution in [3.63, 3.8) is 0 Å². The van der Waals surface area contributed by atoms with E-state index in [2.05, 4.69) is 69.2 Å². The van der Waals surface area contributed by atoms with Gasteiger partial charge in [0, 0.05) is 0 Å². The van der Waals surface area contributed by atoms with Crippen LogP contribution in [-0.4, -0.2) is 0 Å². The van der Waals surface area contributed by atoms with Crippen molar-refractivity contribution >= 4 is 0 Å². The second-order valence-corrected chi connectivity index (χ2v) is 9.89. The zero-order valence-corrected chi connectivity index (χ0v) is 16.6. The molecule has 0 N–H and O–H groups in total. The molecule has 0 aliphatic heterocycles. The molecule has 0 spiro atoms. The molecule has 1 rings (SSSR count). The highest BCUT2D eigenvalue weighted by molar-refractivity contribution is 5.01. The molecule has 1 aliphatic carbocycles. The van der Waals surface area contributed by atoms with Crippen LogP contribution in [-0.2, 0) is 0 Å². The SMILES string of the molecule is CCC(C(C)(C)C)C1(C)C(C)CC(C)C(CC(C)C)C1C. The standard InChI is InChI=1S/C21H42/c1-11-19(20(7,8)9)21(10)16(5)13-15(4)18(17(21)6)12-14(2)3/h14-19H,11-13H2,1-10H3. The summed E-state index contributed by atoms with van der Waals surface area (Å²) in [5, 5.41) is 0. The van der Waals surface area contributed by atoms with Crippen LogP contribution in [0.25, 0.3) is 0 Å². The normalized spacial score (nSPS) is 39.6. The van der Waals surface area contributed by atoms with Crippen LogP contribution in [0.3, 0.4) is 0 Å². The maximum atomic E-state index is 2.63. The molecule has 0 radical (unpaired) electrons. The average molecular weight is 295 g/mol. The molecule has 6 atom stereocenters. The van der Waals surface area contributed by atoms with Gasteiger partial charge >= 0.3 is 0 Å². The predicted molar refractivity (Wildman–Crippen MR) is 96.4 cm³/mol. The fourth-order valence-electron chi connectivity index (χ4n) is 6.02. The first-order chi connectivity index (χ1) is 9.46. The first-order valence-corrected chi connectivity index (χ1v) is 9.46. The maximum Gasteiger partial charge on any atom is -0.0238 e. The average Bonchev–Trinajstić information content (AvgIpc) is 2.31. The molecule has 0 amide bonds. The van der Waals surface area contributed by atoms with E-state index in [9.17, 15) is 0 Å². The van der Waals surface area contributed by atoms with Gasteiger partial charge in [-0.2, -0.15) is 0 Å². The number of hydrogen-bond acceptors (Lipinski definition) is 0. The van der Waals surface area contributed by atoms with E-state index in [4.69, 9.17) is 0 Å². The van der Waals surface area contributed by atoms with E-state index in [1.807, 2.05) is 0 Å². The van der Waals surface area contributed by atoms with Crippen LogP contribution in [0.5, 0.6) is 0 Å². The minimum Gasteiger partial charge on any atom is -0.0651 e. The Morgan fingerprint density at radius 2 is 1.62 bits per heavy atom. The van der Waals surface area contributed by atoms with Crippen LogP contribution in [0, 0.1) is 46.3 Å². The van der Waals surface area contributed by atoms with Crippen molar-refractivity contribution in [1.29, 1.82) is 0 Å². The molecule has 1 saturated carbocycles. The van der Waals surface area contributed by atoms with Crippen LogP contribution in [0.4, 0.5) is 0 Å². The minimum absolute atomic E-state index is 0.412. The summed E-state index contributed by atoms with van der Waals surface area (Å²) in [5.74, 6) is 5.12. The third-order valence-electron chi connectivity index (χ3n) is 7.09. The van der Waals surface area contributed by atoms with Crippen molar-refractivity contribution in [2.45, 2.75) is 88.5 Å². The van der Waals surface area contributed by atoms with E-state index < -0.39 is 0 Å². The molecule has 21 heavy (non-hydrogen) atoms. The highest BCUT2D eigenvalue weighted by atomic mass is 14.6. The fraction of sp³-hybridized carbons (Fsp3) is 1.00. The predicted octanol–water partition coefficient (Wildman–Crippen LogP) is 7.04. The zero-order chi connectivity index (χ0) is 16.6. The topological polar surface area (TPSA) is 0 Å². The van der Waals surface area contributed by atoms with Crippen molar-refractivity contribution in [3.05, 3.63) is 0 Å². The Bertz CT molecular complexity index is 321. The Morgan fingerprint density at radius 1 is 1.10 bits per heavy atom. The zero-order valence-electron chi connectivity index (χ0n) is 16.6. The lowest BCUT2D eigenvalue weighted by atomic mass is 9.46. The largest absolute Gasteiger partial charge is 0.0651 e. The molecular formula is C21H42. The Labute approximate surface area is 135 Å². The van der Waals surface area contributed by atoms with E-state index in [-0.39, 0.29) is 0 Å². The van der Waals surface area contributed by atoms with E-state index in [0.717, 1.165) is 35.5 Å². The molecule has 0 saturated heterocycles. The van der Waals surface area contributed by atoms with Crippen LogP contribution < -0.4 is 0 Å². The molecule has 0 heterocycles. The highest BCUT2D eigenvalue weighted by Gasteiger charge is 2.52. The quantitative estimate of drug-likeness (QED) is 0.521. The molecular weight excluding hydrogens is 252 g/mol. The summed E-state index contributed by atoms with van der Waals surface area (Å²) < 4.78 is 0. The van der Waals surface area contributed by atoms with Crippen molar-refractivity contribution < 1.29 is 0 Å². The van der Waals surface area contributed by atoms with Crippen molar-refractivity contribution in [1.82, 2.24) is 0 Å². The van der Waals surface area contributed by atoms with Crippen molar-refractivity contribution in [2.75, 3.05) is 0 Å². The monoisotopic (exact) mass is 294 g/mol. The van der Waals surface area contributed by atoms with Gasteiger partial charge in [0.25, 0.3) is 0 Å². The molecule has 1 fully saturated rings. The van der Waals surface area contributed by atoms with Gasteiger partial charge in [-0.15, -0.1) is 0 Å². The molecule has 0 aromatic carbocycles. The van der Waals surface area contributed by atoms with Crippen molar-refractivity contribution in [2.24, 2.45) is 46.3 Å². The molecule has 0 aromatic heterocycles. The van der Waals surface area contributed by atoms with Crippen molar-refractivity contribution in [3.8, 4) is 0 Å². The van der Waals surface area contributed by atoms with E-state index in [1.54, 1.807) is 0 Å². The summed E-state index contributed by atoms with van der Waals surface area (Å²) in [7, 11) is 0. The number of hydrogen-bond donors (Lipinski definition) is 0. The molecule has 6 unspecified atom stereocenters. The first-order valence-electron chi connectivity index (χ1n) is 9.46. The molecule has 1 aliphatic rings. The Balaban J connectivity index is 3.18. The Morgan fingerprint density at radius 3 is 2.00 bits per heavy atom. The molecule has 0 aromatic rings. The second kappa shape index (κ2) is 6.63. The van der Waals surface area contributed by atoms with Gasteiger partial charge in [-0.1, -0.05) is 75.7 Å². The highest BCUT2D eigenvalue weighted by Crippen LogP contribution is 2.59. The van der Waals surface area contributed by atoms with Crippen LogP contribution in [0.1, 0.15) is 88.5 Å². The van der Waals surface area contributed by atoms with E-state index in [0.29, 0.717) is 10.8 Å². The first kappa shape index (κ1) is 19.0. The van der Waals surface area contributed by atoms with Gasteiger partial charge in [0.15, 0.2) is 0 Å². The Hall–Kier alpha value is 0. The van der Waals surface area contributed by atoms with Gasteiger partial charge in [-0.3, -0.25) is 0 Å². The fourth-order valence-corrected chi connectivity index (χ4v) is 6.02. The van der Waals surface area contributed by atoms with E-state index in [1.165, 1.54) is 19.3 Å². The number of rotatable bonds is 4. The second-order valence-electron chi connectivity index (χ2n) is 9.89. The summed E-state index contributed by atoms with van der Waals surface area (Å²) in [6.07, 6.45) is 4.15. The summed E-state index contributed by atoms with van der Waals surface area (Å²) in [6.45, 7) is 24.8. The summed E-state index contributed by atoms with van der Waals surface area (Å²) in [5.41, 5.74) is 0.897. The lowest BCUT2D eigenvalue weighted by Crippen LogP contribution is -2.52. The third kappa shape index (κ3) is 3.67. The van der Waals surface area contributed by atoms with Gasteiger partial charge < -0.3 is 0 Å². The van der Waals surface area contributed by atoms with Gasteiger partial charge in [-0.05, 0) is 59.2 Å². The summed E-state index contributed by atoms with van der Waals surface area (Å²) >= 11 is 0. The molecule has 0 bridgehead atoms. The van der Waals surface area contributed by atoms with Gasteiger partial charge in [0.1, 0.15) is 0 Å². The molecule has 0 nitrogen and oxygen atoms in total. The maximum absolute atomic E-state index is 2.63. The minimum atomic E-state index is 0.412. The lowest BCUT2D eigenvalue weighted by Gasteiger charge is -2.58. The smallest absolute Gasteiger partial charge is 0.0238 e. The van der Waals surface area contributed by atoms with Crippen LogP contribution in [0.2, 0.25) is 0 Å². The van der Waals surface area contributed by atoms with Crippen LogP contribution >= 0.6 is 0 Å². The van der Waals surface area contributed by atoms with Gasteiger partial charge in [-0.25, -0.2) is 0 Å². The summed E-state index contributed by atoms with van der Waals surface area (Å²) in [6, 6.07) is 0. The van der Waals surface area contributed by atoms with E-state index >= 15 is 0 Å².